The molecule has 1 heterocycles. The highest BCUT2D eigenvalue weighted by atomic mass is 19.4. The zero-order valence-corrected chi connectivity index (χ0v) is 19.4. The van der Waals surface area contributed by atoms with Crippen molar-refractivity contribution in [3.8, 4) is 0 Å². The van der Waals surface area contributed by atoms with Crippen LogP contribution in [0.2, 0.25) is 0 Å². The highest BCUT2D eigenvalue weighted by molar-refractivity contribution is 6.06. The van der Waals surface area contributed by atoms with E-state index < -0.39 is 40.9 Å². The van der Waals surface area contributed by atoms with E-state index in [-0.39, 0.29) is 18.8 Å². The van der Waals surface area contributed by atoms with Gasteiger partial charge in [-0.3, -0.25) is 19.1 Å². The van der Waals surface area contributed by atoms with Crippen molar-refractivity contribution in [3.05, 3.63) is 65.4 Å². The number of fused-ring (bicyclic) bond motifs is 1. The van der Waals surface area contributed by atoms with Crippen LogP contribution in [0.5, 0.6) is 0 Å². The number of aromatic nitrogens is 2. The van der Waals surface area contributed by atoms with Crippen LogP contribution in [-0.2, 0) is 22.3 Å². The largest absolute Gasteiger partial charge is 0.416 e. The summed E-state index contributed by atoms with van der Waals surface area (Å²) in [4.78, 5) is 36.9. The summed E-state index contributed by atoms with van der Waals surface area (Å²) < 4.78 is 40.1. The third-order valence-electron chi connectivity index (χ3n) is 5.33. The fourth-order valence-corrected chi connectivity index (χ4v) is 3.54. The maximum atomic E-state index is 13.2. The first kappa shape index (κ1) is 25.7. The van der Waals surface area contributed by atoms with Crippen LogP contribution in [0, 0.1) is 5.41 Å². The number of nitrogens with zero attached hydrogens (tertiary/aromatic N) is 2. The molecule has 11 heteroatoms. The zero-order chi connectivity index (χ0) is 26.0. The maximum absolute atomic E-state index is 13.2. The minimum Gasteiger partial charge on any atom is -0.368 e. The lowest BCUT2D eigenvalue weighted by atomic mass is 9.86. The first-order valence-electron chi connectivity index (χ1n) is 10.8. The van der Waals surface area contributed by atoms with E-state index in [1.165, 1.54) is 16.8 Å². The third-order valence-corrected chi connectivity index (χ3v) is 5.33. The third kappa shape index (κ3) is 6.17. The first-order valence-corrected chi connectivity index (χ1v) is 10.8. The molecule has 3 rings (SSSR count). The molecule has 0 saturated heterocycles. The number of benzene rings is 2. The van der Waals surface area contributed by atoms with Crippen molar-refractivity contribution in [2.75, 3.05) is 6.54 Å². The molecule has 0 fully saturated rings. The Morgan fingerprint density at radius 2 is 1.66 bits per heavy atom. The summed E-state index contributed by atoms with van der Waals surface area (Å²) in [5.41, 5.74) is 4.86. The Hall–Kier alpha value is -3.89. The van der Waals surface area contributed by atoms with Gasteiger partial charge in [-0.2, -0.15) is 18.3 Å². The van der Waals surface area contributed by atoms with E-state index in [1.54, 1.807) is 45.0 Å². The van der Waals surface area contributed by atoms with Crippen molar-refractivity contribution in [2.45, 2.75) is 39.5 Å². The number of primary amides is 1. The van der Waals surface area contributed by atoms with Gasteiger partial charge in [0.15, 0.2) is 5.69 Å². The molecule has 0 saturated carbocycles. The number of hydrogen-bond donors (Lipinski definition) is 3. The van der Waals surface area contributed by atoms with Gasteiger partial charge in [0.1, 0.15) is 6.04 Å². The van der Waals surface area contributed by atoms with Crippen molar-refractivity contribution in [2.24, 2.45) is 11.1 Å². The molecule has 0 radical (unpaired) electrons. The number of carbonyl (C=O) groups is 3. The maximum Gasteiger partial charge on any atom is 0.416 e. The van der Waals surface area contributed by atoms with E-state index in [4.69, 9.17) is 5.73 Å². The molecule has 8 nitrogen and oxygen atoms in total. The van der Waals surface area contributed by atoms with Gasteiger partial charge in [0.2, 0.25) is 11.8 Å². The van der Waals surface area contributed by atoms with Crippen LogP contribution < -0.4 is 16.4 Å². The van der Waals surface area contributed by atoms with E-state index in [2.05, 4.69) is 15.7 Å². The topological polar surface area (TPSA) is 119 Å². The highest BCUT2D eigenvalue weighted by Crippen LogP contribution is 2.29. The van der Waals surface area contributed by atoms with E-state index in [1.807, 2.05) is 0 Å². The van der Waals surface area contributed by atoms with Gasteiger partial charge in [-0.15, -0.1) is 0 Å². The molecule has 0 spiro atoms. The fourth-order valence-electron chi connectivity index (χ4n) is 3.54. The summed E-state index contributed by atoms with van der Waals surface area (Å²) in [5, 5.41) is 10.0. The number of alkyl halides is 3. The number of rotatable bonds is 7. The summed E-state index contributed by atoms with van der Waals surface area (Å²) in [6.45, 7) is 5.02. The van der Waals surface area contributed by atoms with Gasteiger partial charge in [-0.25, -0.2) is 0 Å². The Kier molecular flexibility index (Phi) is 7.18. The van der Waals surface area contributed by atoms with Gasteiger partial charge < -0.3 is 16.4 Å². The van der Waals surface area contributed by atoms with Crippen molar-refractivity contribution in [1.29, 1.82) is 0 Å². The van der Waals surface area contributed by atoms with E-state index in [0.29, 0.717) is 16.5 Å². The number of nitrogens with two attached hydrogens (primary N) is 1. The second kappa shape index (κ2) is 9.77. The summed E-state index contributed by atoms with van der Waals surface area (Å²) in [7, 11) is 0. The number of para-hydroxylation sites is 1. The van der Waals surface area contributed by atoms with Crippen LogP contribution >= 0.6 is 0 Å². The molecule has 0 aliphatic heterocycles. The zero-order valence-electron chi connectivity index (χ0n) is 19.4. The van der Waals surface area contributed by atoms with Gasteiger partial charge >= 0.3 is 6.18 Å². The van der Waals surface area contributed by atoms with Crippen molar-refractivity contribution < 1.29 is 27.6 Å². The van der Waals surface area contributed by atoms with Crippen molar-refractivity contribution in [1.82, 2.24) is 20.4 Å². The predicted octanol–water partition coefficient (Wildman–Crippen LogP) is 2.85. The van der Waals surface area contributed by atoms with E-state index in [0.717, 1.165) is 12.1 Å². The molecule has 3 amide bonds. The highest BCUT2D eigenvalue weighted by Gasteiger charge is 2.34. The average Bonchev–Trinajstić information content (AvgIpc) is 3.13. The Labute approximate surface area is 199 Å². The van der Waals surface area contributed by atoms with Crippen LogP contribution in [0.1, 0.15) is 42.4 Å². The smallest absolute Gasteiger partial charge is 0.368 e. The molecule has 35 heavy (non-hydrogen) atoms. The monoisotopic (exact) mass is 489 g/mol. The Balaban J connectivity index is 1.89. The average molecular weight is 489 g/mol. The molecule has 0 aliphatic carbocycles. The number of nitrogens with one attached hydrogen (secondary N) is 2. The second-order valence-corrected chi connectivity index (χ2v) is 9.17. The second-order valence-electron chi connectivity index (χ2n) is 9.17. The van der Waals surface area contributed by atoms with E-state index in [9.17, 15) is 27.6 Å². The minimum atomic E-state index is -4.44. The standard InChI is InChI=1S/C24H26F3N5O3/c1-23(2,3)20(22(35)29-12-18(28)33)30-21(34)19-16-6-4-5-7-17(16)32(31-19)13-14-8-10-15(11-9-14)24(25,26)27/h4-11,20H,12-13H2,1-3H3,(H2,28,33)(H,29,35)(H,30,34)/t20-/m1/s1. The number of halogens is 3. The lowest BCUT2D eigenvalue weighted by Gasteiger charge is -2.30. The lowest BCUT2D eigenvalue weighted by molar-refractivity contribution is -0.137. The van der Waals surface area contributed by atoms with E-state index >= 15 is 0 Å². The molecule has 0 bridgehead atoms. The Bertz CT molecular complexity index is 1240. The molecule has 3 aromatic rings. The number of hydrogen-bond acceptors (Lipinski definition) is 4. The predicted molar refractivity (Wildman–Crippen MR) is 123 cm³/mol. The molecule has 0 unspecified atom stereocenters. The molecular formula is C24H26F3N5O3. The van der Waals surface area contributed by atoms with Gasteiger partial charge in [-0.1, -0.05) is 51.1 Å². The van der Waals surface area contributed by atoms with Crippen LogP contribution in [-0.4, -0.2) is 40.1 Å². The summed E-state index contributed by atoms with van der Waals surface area (Å²) >= 11 is 0. The van der Waals surface area contributed by atoms with Gasteiger partial charge in [0.05, 0.1) is 24.2 Å². The Morgan fingerprint density at radius 1 is 1.03 bits per heavy atom. The van der Waals surface area contributed by atoms with Crippen LogP contribution in [0.25, 0.3) is 10.9 Å². The molecule has 2 aromatic carbocycles. The quantitative estimate of drug-likeness (QED) is 0.473. The van der Waals surface area contributed by atoms with Crippen LogP contribution in [0.4, 0.5) is 13.2 Å². The van der Waals surface area contributed by atoms with Crippen LogP contribution in [0.3, 0.4) is 0 Å². The summed E-state index contributed by atoms with van der Waals surface area (Å²) in [5.74, 6) is -1.90. The SMILES string of the molecule is CC(C)(C)[C@H](NC(=O)c1nn(Cc2ccc(C(F)(F)F)cc2)c2ccccc12)C(=O)NCC(N)=O. The first-order chi connectivity index (χ1) is 16.3. The molecule has 4 N–H and O–H groups in total. The minimum absolute atomic E-state index is 0.0597. The summed E-state index contributed by atoms with van der Waals surface area (Å²) in [6.07, 6.45) is -4.44. The summed E-state index contributed by atoms with van der Waals surface area (Å²) in [6, 6.07) is 10.6. The molecule has 1 aromatic heterocycles. The number of carbonyl (C=O) groups excluding carboxylic acids is 3. The molecular weight excluding hydrogens is 463 g/mol. The Morgan fingerprint density at radius 3 is 2.23 bits per heavy atom. The van der Waals surface area contributed by atoms with Gasteiger partial charge in [0.25, 0.3) is 5.91 Å². The molecule has 0 aliphatic rings. The lowest BCUT2D eigenvalue weighted by Crippen LogP contribution is -2.54. The normalized spacial score (nSPS) is 12.9. The van der Waals surface area contributed by atoms with Gasteiger partial charge in [-0.05, 0) is 29.2 Å². The molecule has 186 valence electrons. The van der Waals surface area contributed by atoms with Crippen LogP contribution in [0.15, 0.2) is 48.5 Å². The van der Waals surface area contributed by atoms with Gasteiger partial charge in [0, 0.05) is 5.39 Å². The fraction of sp³-hybridized carbons (Fsp3) is 0.333. The molecule has 1 atom stereocenters. The van der Waals surface area contributed by atoms with Crippen molar-refractivity contribution >= 4 is 28.6 Å². The van der Waals surface area contributed by atoms with Crippen molar-refractivity contribution in [3.63, 3.8) is 0 Å². The number of amides is 3.